The van der Waals surface area contributed by atoms with Crippen molar-refractivity contribution in [3.63, 3.8) is 0 Å². The lowest BCUT2D eigenvalue weighted by Crippen LogP contribution is -2.44. The Kier molecular flexibility index (Phi) is 5.48. The third kappa shape index (κ3) is 4.96. The summed E-state index contributed by atoms with van der Waals surface area (Å²) in [5.74, 6) is 0.733. The number of nitrogens with one attached hydrogen (secondary N) is 1. The van der Waals surface area contributed by atoms with Gasteiger partial charge in [0.25, 0.3) is 0 Å². The number of rotatable bonds is 6. The quantitative estimate of drug-likeness (QED) is 0.807. The molecule has 0 aromatic heterocycles. The first-order valence-corrected chi connectivity index (χ1v) is 6.50. The van der Waals surface area contributed by atoms with E-state index in [0.29, 0.717) is 0 Å². The van der Waals surface area contributed by atoms with Crippen LogP contribution in [0, 0.1) is 0 Å². The lowest BCUT2D eigenvalue weighted by molar-refractivity contribution is -0.120. The van der Waals surface area contributed by atoms with Crippen molar-refractivity contribution in [2.45, 2.75) is 32.2 Å². The molecule has 0 unspecified atom stereocenters. The van der Waals surface area contributed by atoms with Crippen LogP contribution in [0.4, 0.5) is 0 Å². The van der Waals surface area contributed by atoms with Crippen LogP contribution in [0.1, 0.15) is 25.8 Å². The molecule has 4 heteroatoms. The monoisotopic (exact) mass is 269 g/mol. The minimum Gasteiger partial charge on any atom is -0.497 e. The van der Waals surface area contributed by atoms with E-state index in [-0.39, 0.29) is 17.3 Å². The van der Waals surface area contributed by atoms with Gasteiger partial charge in [-0.1, -0.05) is 12.1 Å². The average Bonchev–Trinajstić information content (AvgIpc) is 2.36. The molecule has 1 aromatic carbocycles. The lowest BCUT2D eigenvalue weighted by Gasteiger charge is -2.26. The summed E-state index contributed by atoms with van der Waals surface area (Å²) in [7, 11) is 1.65. The van der Waals surface area contributed by atoms with Crippen molar-refractivity contribution >= 4 is 17.5 Å². The van der Waals surface area contributed by atoms with Crippen molar-refractivity contribution < 1.29 is 9.53 Å². The van der Waals surface area contributed by atoms with Crippen LogP contribution in [0.5, 0.6) is 5.75 Å². The van der Waals surface area contributed by atoms with Crippen LogP contribution in [-0.2, 0) is 11.2 Å². The molecule has 100 valence electrons. The molecular weight excluding hydrogens is 250 g/mol. The van der Waals surface area contributed by atoms with Crippen molar-refractivity contribution in [2.24, 2.45) is 0 Å². The van der Waals surface area contributed by atoms with E-state index in [2.05, 4.69) is 5.32 Å². The highest BCUT2D eigenvalue weighted by molar-refractivity contribution is 6.27. The van der Waals surface area contributed by atoms with Crippen LogP contribution < -0.4 is 10.1 Å². The van der Waals surface area contributed by atoms with E-state index in [9.17, 15) is 4.79 Å². The predicted octanol–water partition coefficient (Wildman–Crippen LogP) is 2.76. The minimum atomic E-state index is -0.244. The molecule has 1 aromatic rings. The Morgan fingerprint density at radius 2 is 1.94 bits per heavy atom. The Hall–Kier alpha value is -1.22. The van der Waals surface area contributed by atoms with Gasteiger partial charge in [0.2, 0.25) is 5.91 Å². The van der Waals surface area contributed by atoms with Crippen molar-refractivity contribution in [1.29, 1.82) is 0 Å². The van der Waals surface area contributed by atoms with E-state index in [1.165, 1.54) is 5.56 Å². The summed E-state index contributed by atoms with van der Waals surface area (Å²) in [6.07, 6.45) is 1.77. The first-order chi connectivity index (χ1) is 8.46. The van der Waals surface area contributed by atoms with Crippen LogP contribution in [0.2, 0.25) is 0 Å². The molecule has 0 aliphatic carbocycles. The van der Waals surface area contributed by atoms with Gasteiger partial charge in [0.1, 0.15) is 11.6 Å². The Morgan fingerprint density at radius 3 is 2.44 bits per heavy atom. The highest BCUT2D eigenvalue weighted by atomic mass is 35.5. The maximum Gasteiger partial charge on any atom is 0.235 e. The highest BCUT2D eigenvalue weighted by Gasteiger charge is 2.19. The molecule has 0 heterocycles. The SMILES string of the molecule is COc1ccc(CCC(C)(C)NC(=O)CCl)cc1. The van der Waals surface area contributed by atoms with Crippen molar-refractivity contribution in [3.05, 3.63) is 29.8 Å². The zero-order valence-electron chi connectivity index (χ0n) is 11.1. The lowest BCUT2D eigenvalue weighted by atomic mass is 9.95. The Balaban J connectivity index is 2.50. The molecule has 0 saturated carbocycles. The van der Waals surface area contributed by atoms with Gasteiger partial charge in [0.15, 0.2) is 0 Å². The van der Waals surface area contributed by atoms with E-state index in [1.54, 1.807) is 7.11 Å². The first-order valence-electron chi connectivity index (χ1n) is 5.97. The van der Waals surface area contributed by atoms with Crippen LogP contribution in [-0.4, -0.2) is 24.4 Å². The highest BCUT2D eigenvalue weighted by Crippen LogP contribution is 2.16. The van der Waals surface area contributed by atoms with Gasteiger partial charge in [-0.25, -0.2) is 0 Å². The number of aryl methyl sites for hydroxylation is 1. The molecule has 0 atom stereocenters. The normalized spacial score (nSPS) is 11.1. The molecular formula is C14H20ClNO2. The van der Waals surface area contributed by atoms with Gasteiger partial charge in [-0.3, -0.25) is 4.79 Å². The molecule has 0 fully saturated rings. The molecule has 0 spiro atoms. The van der Waals surface area contributed by atoms with Gasteiger partial charge in [-0.2, -0.15) is 0 Å². The molecule has 0 radical (unpaired) electrons. The van der Waals surface area contributed by atoms with Gasteiger partial charge < -0.3 is 10.1 Å². The smallest absolute Gasteiger partial charge is 0.235 e. The van der Waals surface area contributed by atoms with Crippen molar-refractivity contribution in [2.75, 3.05) is 13.0 Å². The summed E-state index contributed by atoms with van der Waals surface area (Å²) in [4.78, 5) is 11.3. The maximum absolute atomic E-state index is 11.3. The second kappa shape index (κ2) is 6.64. The summed E-state index contributed by atoms with van der Waals surface area (Å²) < 4.78 is 5.11. The number of methoxy groups -OCH3 is 1. The van der Waals surface area contributed by atoms with Crippen LogP contribution in [0.3, 0.4) is 0 Å². The van der Waals surface area contributed by atoms with E-state index < -0.39 is 0 Å². The number of halogens is 1. The van der Waals surface area contributed by atoms with Crippen LogP contribution in [0.15, 0.2) is 24.3 Å². The molecule has 0 saturated heterocycles. The molecule has 1 rings (SSSR count). The number of benzene rings is 1. The molecule has 1 amide bonds. The van der Waals surface area contributed by atoms with Crippen LogP contribution in [0.25, 0.3) is 0 Å². The third-order valence-corrected chi connectivity index (χ3v) is 3.04. The number of carbonyl (C=O) groups excluding carboxylic acids is 1. The van der Waals surface area contributed by atoms with Gasteiger partial charge in [-0.15, -0.1) is 11.6 Å². The second-order valence-electron chi connectivity index (χ2n) is 4.91. The molecule has 18 heavy (non-hydrogen) atoms. The Morgan fingerprint density at radius 1 is 1.33 bits per heavy atom. The molecule has 3 nitrogen and oxygen atoms in total. The average molecular weight is 270 g/mol. The van der Waals surface area contributed by atoms with Crippen molar-refractivity contribution in [1.82, 2.24) is 5.32 Å². The van der Waals surface area contributed by atoms with E-state index in [1.807, 2.05) is 38.1 Å². The minimum absolute atomic E-state index is 0.00592. The van der Waals surface area contributed by atoms with Gasteiger partial charge in [0.05, 0.1) is 7.11 Å². The van der Waals surface area contributed by atoms with Crippen LogP contribution >= 0.6 is 11.6 Å². The number of carbonyl (C=O) groups is 1. The third-order valence-electron chi connectivity index (χ3n) is 2.80. The molecule has 0 aliphatic heterocycles. The summed E-state index contributed by atoms with van der Waals surface area (Å²) >= 11 is 5.48. The summed E-state index contributed by atoms with van der Waals surface area (Å²) in [6, 6.07) is 7.97. The first kappa shape index (κ1) is 14.8. The van der Waals surface area contributed by atoms with Gasteiger partial charge in [0, 0.05) is 5.54 Å². The fourth-order valence-corrected chi connectivity index (χ4v) is 1.79. The number of ether oxygens (including phenoxy) is 1. The predicted molar refractivity (Wildman–Crippen MR) is 74.3 cm³/mol. The number of amides is 1. The largest absolute Gasteiger partial charge is 0.497 e. The maximum atomic E-state index is 11.3. The standard InChI is InChI=1S/C14H20ClNO2/c1-14(2,16-13(17)10-15)9-8-11-4-6-12(18-3)7-5-11/h4-7H,8-10H2,1-3H3,(H,16,17). The van der Waals surface area contributed by atoms with E-state index >= 15 is 0 Å². The molecule has 0 bridgehead atoms. The zero-order chi connectivity index (χ0) is 13.6. The zero-order valence-corrected chi connectivity index (χ0v) is 11.9. The van der Waals surface area contributed by atoms with E-state index in [4.69, 9.17) is 16.3 Å². The molecule has 0 aliphatic rings. The number of alkyl halides is 1. The fraction of sp³-hybridized carbons (Fsp3) is 0.500. The molecule has 1 N–H and O–H groups in total. The van der Waals surface area contributed by atoms with Gasteiger partial charge in [-0.05, 0) is 44.4 Å². The summed E-state index contributed by atoms with van der Waals surface area (Å²) in [6.45, 7) is 4.00. The van der Waals surface area contributed by atoms with Crippen molar-refractivity contribution in [3.8, 4) is 5.75 Å². The number of hydrogen-bond donors (Lipinski definition) is 1. The van der Waals surface area contributed by atoms with Gasteiger partial charge >= 0.3 is 0 Å². The Bertz CT molecular complexity index is 387. The summed E-state index contributed by atoms with van der Waals surface area (Å²) in [5, 5.41) is 2.90. The van der Waals surface area contributed by atoms with E-state index in [0.717, 1.165) is 18.6 Å². The number of hydrogen-bond acceptors (Lipinski definition) is 2. The topological polar surface area (TPSA) is 38.3 Å². The Labute approximate surface area is 113 Å². The summed E-state index contributed by atoms with van der Waals surface area (Å²) in [5.41, 5.74) is 0.982. The fourth-order valence-electron chi connectivity index (χ4n) is 1.72. The second-order valence-corrected chi connectivity index (χ2v) is 5.18.